The van der Waals surface area contributed by atoms with E-state index >= 15 is 0 Å². The van der Waals surface area contributed by atoms with Gasteiger partial charge in [0.1, 0.15) is 0 Å². The molecule has 0 rings (SSSR count). The average molecular weight is 212 g/mol. The molecule has 0 aliphatic heterocycles. The molecule has 0 radical (unpaired) electrons. The van der Waals surface area contributed by atoms with Crippen LogP contribution < -0.4 is 4.72 Å². The Bertz CT molecular complexity index is 187. The van der Waals surface area contributed by atoms with Crippen LogP contribution in [-0.2, 0) is 10.0 Å². The fraction of sp³-hybridized carbons (Fsp3) is 0.500. The van der Waals surface area contributed by atoms with Crippen molar-refractivity contribution in [2.45, 2.75) is 0 Å². The minimum absolute atomic E-state index is 0. The Morgan fingerprint density at radius 2 is 1.70 bits per heavy atom. The number of hydrogen-bond donors (Lipinski definition) is 2. The molecule has 0 aliphatic rings. The molecule has 0 aromatic heterocycles. The first kappa shape index (κ1) is 16.4. The van der Waals surface area contributed by atoms with Gasteiger partial charge in [-0.25, -0.2) is 17.9 Å². The van der Waals surface area contributed by atoms with Crippen molar-refractivity contribution >= 4 is 40.9 Å². The standard InChI is InChI=1S/C2H5NO4S.2ClH/c1-8(6,7)3-2(4)5;;/h3H,1H3,(H,4,5);2*1H. The van der Waals surface area contributed by atoms with E-state index in [0.717, 1.165) is 6.26 Å². The number of carbonyl (C=O) groups is 1. The van der Waals surface area contributed by atoms with Gasteiger partial charge in [0.25, 0.3) is 0 Å². The predicted octanol–water partition coefficient (Wildman–Crippen LogP) is 0.0572. The SMILES string of the molecule is CS(=O)(=O)NC(=O)O.Cl.Cl. The number of amides is 1. The third-order valence-corrected chi connectivity index (χ3v) is 0.818. The molecule has 0 saturated heterocycles. The van der Waals surface area contributed by atoms with Gasteiger partial charge in [-0.15, -0.1) is 24.8 Å². The van der Waals surface area contributed by atoms with Gasteiger partial charge in [-0.2, -0.15) is 0 Å². The zero-order valence-electron chi connectivity index (χ0n) is 4.90. The van der Waals surface area contributed by atoms with E-state index in [-0.39, 0.29) is 24.8 Å². The monoisotopic (exact) mass is 211 g/mol. The second kappa shape index (κ2) is 5.57. The molecule has 0 atom stereocenters. The van der Waals surface area contributed by atoms with Crippen LogP contribution in [0.5, 0.6) is 0 Å². The summed E-state index contributed by atoms with van der Waals surface area (Å²) in [5.41, 5.74) is 0. The van der Waals surface area contributed by atoms with Gasteiger partial charge < -0.3 is 5.11 Å². The summed E-state index contributed by atoms with van der Waals surface area (Å²) in [6, 6.07) is 0. The fourth-order valence-corrected chi connectivity index (χ4v) is 0.476. The number of rotatable bonds is 1. The van der Waals surface area contributed by atoms with Crippen molar-refractivity contribution in [2.24, 2.45) is 0 Å². The molecule has 5 nitrogen and oxygen atoms in total. The molecule has 0 fully saturated rings. The molecule has 0 saturated carbocycles. The van der Waals surface area contributed by atoms with Gasteiger partial charge in [0.15, 0.2) is 0 Å². The highest BCUT2D eigenvalue weighted by atomic mass is 35.5. The molecular formula is C2H7Cl2NO4S. The first-order chi connectivity index (χ1) is 3.42. The van der Waals surface area contributed by atoms with Gasteiger partial charge in [0.2, 0.25) is 10.0 Å². The Labute approximate surface area is 70.7 Å². The van der Waals surface area contributed by atoms with Crippen LogP contribution in [0.25, 0.3) is 0 Å². The summed E-state index contributed by atoms with van der Waals surface area (Å²) in [7, 11) is -3.57. The molecule has 10 heavy (non-hydrogen) atoms. The first-order valence-electron chi connectivity index (χ1n) is 1.62. The lowest BCUT2D eigenvalue weighted by Crippen LogP contribution is -2.27. The zero-order valence-corrected chi connectivity index (χ0v) is 7.35. The van der Waals surface area contributed by atoms with E-state index in [1.165, 1.54) is 4.72 Å². The van der Waals surface area contributed by atoms with Crippen molar-refractivity contribution in [3.05, 3.63) is 0 Å². The normalized spacial score (nSPS) is 8.50. The van der Waals surface area contributed by atoms with E-state index in [4.69, 9.17) is 5.11 Å². The highest BCUT2D eigenvalue weighted by Crippen LogP contribution is 1.70. The molecule has 0 heterocycles. The van der Waals surface area contributed by atoms with Gasteiger partial charge in [0.05, 0.1) is 6.26 Å². The van der Waals surface area contributed by atoms with Crippen molar-refractivity contribution in [2.75, 3.05) is 6.26 Å². The molecular weight excluding hydrogens is 205 g/mol. The summed E-state index contributed by atoms with van der Waals surface area (Å²) in [4.78, 5) is 9.52. The minimum atomic E-state index is -3.57. The van der Waals surface area contributed by atoms with Crippen LogP contribution in [0.15, 0.2) is 0 Å². The molecule has 0 aromatic carbocycles. The van der Waals surface area contributed by atoms with Crippen LogP contribution in [0, 0.1) is 0 Å². The van der Waals surface area contributed by atoms with Gasteiger partial charge in [0, 0.05) is 0 Å². The van der Waals surface area contributed by atoms with Gasteiger partial charge >= 0.3 is 6.09 Å². The van der Waals surface area contributed by atoms with Crippen LogP contribution in [0.4, 0.5) is 4.79 Å². The third kappa shape index (κ3) is 15.7. The van der Waals surface area contributed by atoms with Crippen molar-refractivity contribution in [1.29, 1.82) is 0 Å². The third-order valence-electron chi connectivity index (χ3n) is 0.273. The summed E-state index contributed by atoms with van der Waals surface area (Å²) < 4.78 is 21.2. The topological polar surface area (TPSA) is 83.5 Å². The summed E-state index contributed by atoms with van der Waals surface area (Å²) in [5.74, 6) is 0. The van der Waals surface area contributed by atoms with Crippen molar-refractivity contribution in [3.8, 4) is 0 Å². The Hall–Kier alpha value is -0.200. The van der Waals surface area contributed by atoms with E-state index in [0.29, 0.717) is 0 Å². The Morgan fingerprint density at radius 1 is 1.40 bits per heavy atom. The van der Waals surface area contributed by atoms with Gasteiger partial charge in [-0.05, 0) is 0 Å². The maximum absolute atomic E-state index is 9.95. The molecule has 8 heteroatoms. The lowest BCUT2D eigenvalue weighted by atomic mass is 11.3. The fourth-order valence-electron chi connectivity index (χ4n) is 0.159. The summed E-state index contributed by atoms with van der Waals surface area (Å²) in [6.45, 7) is 0. The lowest BCUT2D eigenvalue weighted by molar-refractivity contribution is 0.201. The average Bonchev–Trinajstić information content (AvgIpc) is 1.21. The summed E-state index contributed by atoms with van der Waals surface area (Å²) in [6.07, 6.45) is -0.797. The predicted molar refractivity (Wildman–Crippen MR) is 40.5 cm³/mol. The van der Waals surface area contributed by atoms with Crippen LogP contribution in [0.1, 0.15) is 0 Å². The van der Waals surface area contributed by atoms with Crippen LogP contribution in [0.3, 0.4) is 0 Å². The largest absolute Gasteiger partial charge is 0.464 e. The Kier molecular flexibility index (Phi) is 9.15. The number of halogens is 2. The van der Waals surface area contributed by atoms with E-state index < -0.39 is 16.1 Å². The Morgan fingerprint density at radius 3 is 1.70 bits per heavy atom. The van der Waals surface area contributed by atoms with Crippen molar-refractivity contribution in [1.82, 2.24) is 4.72 Å². The van der Waals surface area contributed by atoms with Crippen molar-refractivity contribution in [3.63, 3.8) is 0 Å². The highest BCUT2D eigenvalue weighted by Gasteiger charge is 2.02. The van der Waals surface area contributed by atoms with E-state index in [1.54, 1.807) is 0 Å². The molecule has 0 unspecified atom stereocenters. The second-order valence-electron chi connectivity index (χ2n) is 1.18. The number of hydrogen-bond acceptors (Lipinski definition) is 3. The van der Waals surface area contributed by atoms with Crippen LogP contribution >= 0.6 is 24.8 Å². The van der Waals surface area contributed by atoms with Gasteiger partial charge in [-0.1, -0.05) is 0 Å². The Balaban J connectivity index is -0.000000245. The molecule has 0 aliphatic carbocycles. The molecule has 1 amide bonds. The van der Waals surface area contributed by atoms with E-state index in [2.05, 4.69) is 0 Å². The summed E-state index contributed by atoms with van der Waals surface area (Å²) >= 11 is 0. The number of sulfonamides is 1. The molecule has 2 N–H and O–H groups in total. The van der Waals surface area contributed by atoms with Crippen LogP contribution in [-0.4, -0.2) is 25.9 Å². The smallest absolute Gasteiger partial charge is 0.418 e. The lowest BCUT2D eigenvalue weighted by Gasteiger charge is -1.91. The van der Waals surface area contributed by atoms with Crippen molar-refractivity contribution < 1.29 is 18.3 Å². The molecule has 0 bridgehead atoms. The maximum Gasteiger partial charge on any atom is 0.418 e. The molecule has 64 valence electrons. The van der Waals surface area contributed by atoms with E-state index in [1.807, 2.05) is 0 Å². The molecule has 0 aromatic rings. The number of carboxylic acid groups (broad SMARTS) is 1. The molecule has 0 spiro atoms. The van der Waals surface area contributed by atoms with E-state index in [9.17, 15) is 13.2 Å². The first-order valence-corrected chi connectivity index (χ1v) is 3.51. The van der Waals surface area contributed by atoms with Crippen LogP contribution in [0.2, 0.25) is 0 Å². The highest BCUT2D eigenvalue weighted by molar-refractivity contribution is 7.89. The second-order valence-corrected chi connectivity index (χ2v) is 2.93. The van der Waals surface area contributed by atoms with Gasteiger partial charge in [-0.3, -0.25) is 0 Å². The quantitative estimate of drug-likeness (QED) is 0.643. The zero-order chi connectivity index (χ0) is 6.78. The maximum atomic E-state index is 9.95. The minimum Gasteiger partial charge on any atom is -0.464 e. The summed E-state index contributed by atoms with van der Waals surface area (Å²) in [5, 5.41) is 7.76. The number of nitrogens with one attached hydrogen (secondary N) is 1.